The third kappa shape index (κ3) is 5.03. The SMILES string of the molecule is CNCCCN(C)S(=O)(=O)Nc1cc(C)c(Cl)cc1OC. The van der Waals surface area contributed by atoms with Crippen molar-refractivity contribution in [2.24, 2.45) is 0 Å². The van der Waals surface area contributed by atoms with Crippen molar-refractivity contribution >= 4 is 27.5 Å². The predicted octanol–water partition coefficient (Wildman–Crippen LogP) is 1.86. The number of rotatable bonds is 8. The van der Waals surface area contributed by atoms with Crippen LogP contribution in [0.2, 0.25) is 5.02 Å². The molecule has 6 nitrogen and oxygen atoms in total. The summed E-state index contributed by atoms with van der Waals surface area (Å²) in [5.74, 6) is 0.387. The number of anilines is 1. The van der Waals surface area contributed by atoms with Crippen LogP contribution in [0.25, 0.3) is 0 Å². The van der Waals surface area contributed by atoms with E-state index in [0.717, 1.165) is 18.5 Å². The summed E-state index contributed by atoms with van der Waals surface area (Å²) in [6.07, 6.45) is 0.727. The van der Waals surface area contributed by atoms with Crippen molar-refractivity contribution < 1.29 is 13.2 Å². The first-order valence-electron chi connectivity index (χ1n) is 6.54. The van der Waals surface area contributed by atoms with Crippen LogP contribution in [0.1, 0.15) is 12.0 Å². The van der Waals surface area contributed by atoms with Crippen LogP contribution in [0.15, 0.2) is 12.1 Å². The van der Waals surface area contributed by atoms with Gasteiger partial charge in [-0.15, -0.1) is 0 Å². The smallest absolute Gasteiger partial charge is 0.301 e. The first kappa shape index (κ1) is 18.0. The lowest BCUT2D eigenvalue weighted by atomic mass is 10.2. The average molecular weight is 336 g/mol. The van der Waals surface area contributed by atoms with Gasteiger partial charge in [0.05, 0.1) is 12.8 Å². The molecule has 0 fully saturated rings. The molecule has 0 aliphatic rings. The average Bonchev–Trinajstić information content (AvgIpc) is 2.42. The van der Waals surface area contributed by atoms with Gasteiger partial charge in [-0.3, -0.25) is 4.72 Å². The van der Waals surface area contributed by atoms with Gasteiger partial charge in [-0.25, -0.2) is 0 Å². The molecule has 0 bridgehead atoms. The number of nitrogens with one attached hydrogen (secondary N) is 2. The van der Waals surface area contributed by atoms with Crippen LogP contribution in [0.3, 0.4) is 0 Å². The fourth-order valence-electron chi connectivity index (χ4n) is 1.73. The Morgan fingerprint density at radius 3 is 2.62 bits per heavy atom. The summed E-state index contributed by atoms with van der Waals surface area (Å²) in [5, 5.41) is 3.50. The zero-order valence-corrected chi connectivity index (χ0v) is 14.3. The van der Waals surface area contributed by atoms with Gasteiger partial charge in [0.1, 0.15) is 5.75 Å². The monoisotopic (exact) mass is 335 g/mol. The molecule has 1 aromatic rings. The minimum Gasteiger partial charge on any atom is -0.495 e. The van der Waals surface area contributed by atoms with Gasteiger partial charge < -0.3 is 10.1 Å². The third-order valence-corrected chi connectivity index (χ3v) is 4.92. The number of aryl methyl sites for hydroxylation is 1. The van der Waals surface area contributed by atoms with Gasteiger partial charge in [-0.2, -0.15) is 12.7 Å². The van der Waals surface area contributed by atoms with E-state index < -0.39 is 10.2 Å². The molecule has 0 heterocycles. The summed E-state index contributed by atoms with van der Waals surface area (Å²) in [4.78, 5) is 0. The number of hydrogen-bond acceptors (Lipinski definition) is 4. The molecule has 120 valence electrons. The van der Waals surface area contributed by atoms with Crippen LogP contribution in [0.4, 0.5) is 5.69 Å². The molecule has 1 rings (SSSR count). The van der Waals surface area contributed by atoms with Crippen LogP contribution < -0.4 is 14.8 Å². The maximum Gasteiger partial charge on any atom is 0.301 e. The normalized spacial score (nSPS) is 11.7. The molecule has 0 spiro atoms. The van der Waals surface area contributed by atoms with Crippen molar-refractivity contribution in [2.45, 2.75) is 13.3 Å². The van der Waals surface area contributed by atoms with E-state index in [-0.39, 0.29) is 0 Å². The molecule has 0 saturated heterocycles. The fraction of sp³-hybridized carbons (Fsp3) is 0.538. The van der Waals surface area contributed by atoms with E-state index in [9.17, 15) is 8.42 Å². The summed E-state index contributed by atoms with van der Waals surface area (Å²) in [5.41, 5.74) is 1.15. The van der Waals surface area contributed by atoms with Crippen molar-refractivity contribution in [3.05, 3.63) is 22.7 Å². The van der Waals surface area contributed by atoms with Gasteiger partial charge in [0, 0.05) is 24.7 Å². The Bertz CT molecular complexity index is 578. The third-order valence-electron chi connectivity index (χ3n) is 3.03. The molecule has 0 amide bonds. The number of ether oxygens (including phenoxy) is 1. The van der Waals surface area contributed by atoms with E-state index in [2.05, 4.69) is 10.0 Å². The molecule has 2 N–H and O–H groups in total. The predicted molar refractivity (Wildman–Crippen MR) is 86.5 cm³/mol. The van der Waals surface area contributed by atoms with Gasteiger partial charge in [-0.1, -0.05) is 11.6 Å². The Balaban J connectivity index is 2.91. The summed E-state index contributed by atoms with van der Waals surface area (Å²) >= 11 is 6.01. The Morgan fingerprint density at radius 1 is 1.38 bits per heavy atom. The second kappa shape index (κ2) is 7.84. The number of nitrogens with zero attached hydrogens (tertiary/aromatic N) is 1. The van der Waals surface area contributed by atoms with Crippen LogP contribution in [-0.4, -0.2) is 47.0 Å². The van der Waals surface area contributed by atoms with Crippen molar-refractivity contribution in [1.29, 1.82) is 0 Å². The Labute approximate surface area is 131 Å². The van der Waals surface area contributed by atoms with Crippen molar-refractivity contribution in [2.75, 3.05) is 39.0 Å². The van der Waals surface area contributed by atoms with Gasteiger partial charge in [0.15, 0.2) is 0 Å². The van der Waals surface area contributed by atoms with Crippen molar-refractivity contribution in [3.63, 3.8) is 0 Å². The standard InChI is InChI=1S/C13H22ClN3O3S/c1-10-8-12(13(20-4)9-11(10)14)16-21(18,19)17(3)7-5-6-15-2/h8-9,15-16H,5-7H2,1-4H3. The molecule has 1 aromatic carbocycles. The highest BCUT2D eigenvalue weighted by molar-refractivity contribution is 7.90. The lowest BCUT2D eigenvalue weighted by Crippen LogP contribution is -2.34. The highest BCUT2D eigenvalue weighted by atomic mass is 35.5. The summed E-state index contributed by atoms with van der Waals surface area (Å²) < 4.78 is 33.5. The molecule has 0 aliphatic heterocycles. The number of hydrogen-bond donors (Lipinski definition) is 2. The van der Waals surface area contributed by atoms with E-state index in [1.165, 1.54) is 18.5 Å². The van der Waals surface area contributed by atoms with Gasteiger partial charge in [-0.05, 0) is 38.6 Å². The second-order valence-electron chi connectivity index (χ2n) is 4.69. The number of methoxy groups -OCH3 is 1. The van der Waals surface area contributed by atoms with E-state index >= 15 is 0 Å². The minimum absolute atomic E-state index is 0.375. The number of halogens is 1. The first-order valence-corrected chi connectivity index (χ1v) is 8.36. The Kier molecular flexibility index (Phi) is 6.73. The van der Waals surface area contributed by atoms with Crippen LogP contribution in [-0.2, 0) is 10.2 Å². The molecule has 0 radical (unpaired) electrons. The largest absolute Gasteiger partial charge is 0.495 e. The lowest BCUT2D eigenvalue weighted by Gasteiger charge is -2.20. The van der Waals surface area contributed by atoms with E-state index in [1.54, 1.807) is 19.1 Å². The van der Waals surface area contributed by atoms with E-state index in [1.807, 2.05) is 7.05 Å². The molecule has 0 aliphatic carbocycles. The quantitative estimate of drug-likeness (QED) is 0.711. The Hall–Kier alpha value is -1.02. The summed E-state index contributed by atoms with van der Waals surface area (Å²) in [6, 6.07) is 3.25. The van der Waals surface area contributed by atoms with Gasteiger partial charge in [0.25, 0.3) is 0 Å². The van der Waals surface area contributed by atoms with E-state index in [4.69, 9.17) is 16.3 Å². The number of benzene rings is 1. The molecule has 0 unspecified atom stereocenters. The van der Waals surface area contributed by atoms with Crippen molar-refractivity contribution in [1.82, 2.24) is 9.62 Å². The molecule has 21 heavy (non-hydrogen) atoms. The zero-order valence-electron chi connectivity index (χ0n) is 12.7. The molecule has 8 heteroatoms. The maximum absolute atomic E-state index is 12.3. The van der Waals surface area contributed by atoms with Crippen molar-refractivity contribution in [3.8, 4) is 5.75 Å². The second-order valence-corrected chi connectivity index (χ2v) is 6.87. The first-order chi connectivity index (χ1) is 9.81. The fourth-order valence-corrected chi connectivity index (χ4v) is 2.84. The highest BCUT2D eigenvalue weighted by Gasteiger charge is 2.19. The molecular formula is C13H22ClN3O3S. The summed E-state index contributed by atoms with van der Waals surface area (Å²) in [6.45, 7) is 2.98. The molecule has 0 atom stereocenters. The van der Waals surface area contributed by atoms with Gasteiger partial charge in [0.2, 0.25) is 0 Å². The maximum atomic E-state index is 12.3. The topological polar surface area (TPSA) is 70.7 Å². The zero-order chi connectivity index (χ0) is 16.0. The van der Waals surface area contributed by atoms with Crippen LogP contribution in [0.5, 0.6) is 5.75 Å². The molecule has 0 saturated carbocycles. The molecular weight excluding hydrogens is 314 g/mol. The van der Waals surface area contributed by atoms with Crippen LogP contribution >= 0.6 is 11.6 Å². The highest BCUT2D eigenvalue weighted by Crippen LogP contribution is 2.31. The minimum atomic E-state index is -3.62. The van der Waals surface area contributed by atoms with E-state index in [0.29, 0.717) is 23.0 Å². The molecule has 0 aromatic heterocycles. The van der Waals surface area contributed by atoms with Crippen LogP contribution in [0, 0.1) is 6.92 Å². The Morgan fingerprint density at radius 2 is 2.05 bits per heavy atom. The summed E-state index contributed by atoms with van der Waals surface area (Å²) in [7, 11) is 1.21. The van der Waals surface area contributed by atoms with Gasteiger partial charge >= 0.3 is 10.2 Å². The lowest BCUT2D eigenvalue weighted by molar-refractivity contribution is 0.416.